The molecule has 2 N–H and O–H groups in total. The Morgan fingerprint density at radius 2 is 1.73 bits per heavy atom. The molecule has 0 aromatic heterocycles. The van der Waals surface area contributed by atoms with Gasteiger partial charge in [0, 0.05) is 24.8 Å². The van der Waals surface area contributed by atoms with Crippen LogP contribution in [0.5, 0.6) is 0 Å². The average molecular weight is 353 g/mol. The van der Waals surface area contributed by atoms with Crippen LogP contribution < -0.4 is 10.6 Å². The second-order valence-electron chi connectivity index (χ2n) is 6.67. The SMILES string of the molecule is CNC(=O)c1ccc(CN(C)[C@@H](C)C(=O)Nc2cc(C)ccc2C)cc1. The number of nitrogens with one attached hydrogen (secondary N) is 2. The van der Waals surface area contributed by atoms with E-state index in [4.69, 9.17) is 0 Å². The molecular formula is C21H27N3O2. The number of likely N-dealkylation sites (N-methyl/N-ethyl adjacent to an activating group) is 1. The molecule has 0 fully saturated rings. The fraction of sp³-hybridized carbons (Fsp3) is 0.333. The Hall–Kier alpha value is -2.66. The fourth-order valence-corrected chi connectivity index (χ4v) is 2.64. The first-order valence-electron chi connectivity index (χ1n) is 8.71. The van der Waals surface area contributed by atoms with E-state index in [2.05, 4.69) is 10.6 Å². The van der Waals surface area contributed by atoms with Crippen molar-refractivity contribution >= 4 is 17.5 Å². The van der Waals surface area contributed by atoms with Gasteiger partial charge in [-0.1, -0.05) is 24.3 Å². The summed E-state index contributed by atoms with van der Waals surface area (Å²) < 4.78 is 0. The molecule has 0 aliphatic heterocycles. The molecule has 0 radical (unpaired) electrons. The van der Waals surface area contributed by atoms with Gasteiger partial charge in [-0.05, 0) is 62.7 Å². The van der Waals surface area contributed by atoms with Crippen molar-refractivity contribution in [3.05, 3.63) is 64.7 Å². The van der Waals surface area contributed by atoms with E-state index in [1.165, 1.54) is 0 Å². The summed E-state index contributed by atoms with van der Waals surface area (Å²) >= 11 is 0. The van der Waals surface area contributed by atoms with Crippen LogP contribution in [0, 0.1) is 13.8 Å². The maximum Gasteiger partial charge on any atom is 0.251 e. The Morgan fingerprint density at radius 3 is 2.35 bits per heavy atom. The van der Waals surface area contributed by atoms with Gasteiger partial charge < -0.3 is 10.6 Å². The Labute approximate surface area is 155 Å². The molecule has 2 aromatic carbocycles. The summed E-state index contributed by atoms with van der Waals surface area (Å²) in [4.78, 5) is 26.2. The van der Waals surface area contributed by atoms with Crippen molar-refractivity contribution in [2.75, 3.05) is 19.4 Å². The minimum Gasteiger partial charge on any atom is -0.355 e. The van der Waals surface area contributed by atoms with E-state index in [-0.39, 0.29) is 17.9 Å². The highest BCUT2D eigenvalue weighted by molar-refractivity contribution is 5.95. The minimum absolute atomic E-state index is 0.0387. The Bertz CT molecular complexity index is 784. The zero-order chi connectivity index (χ0) is 19.3. The van der Waals surface area contributed by atoms with Crippen molar-refractivity contribution in [3.8, 4) is 0 Å². The summed E-state index contributed by atoms with van der Waals surface area (Å²) in [6.07, 6.45) is 0. The van der Waals surface area contributed by atoms with Gasteiger partial charge in [0.2, 0.25) is 5.91 Å². The lowest BCUT2D eigenvalue weighted by Gasteiger charge is -2.24. The van der Waals surface area contributed by atoms with E-state index in [9.17, 15) is 9.59 Å². The van der Waals surface area contributed by atoms with Crippen LogP contribution in [-0.4, -0.2) is 36.9 Å². The molecule has 5 nitrogen and oxygen atoms in total. The van der Waals surface area contributed by atoms with Crippen LogP contribution in [0.2, 0.25) is 0 Å². The number of nitrogens with zero attached hydrogens (tertiary/aromatic N) is 1. The number of hydrogen-bond donors (Lipinski definition) is 2. The molecule has 0 saturated carbocycles. The van der Waals surface area contributed by atoms with Gasteiger partial charge in [-0.2, -0.15) is 0 Å². The van der Waals surface area contributed by atoms with Gasteiger partial charge in [0.15, 0.2) is 0 Å². The fourth-order valence-electron chi connectivity index (χ4n) is 2.64. The molecule has 5 heteroatoms. The summed E-state index contributed by atoms with van der Waals surface area (Å²) in [5, 5.41) is 5.62. The lowest BCUT2D eigenvalue weighted by atomic mass is 10.1. The third-order valence-electron chi connectivity index (χ3n) is 4.57. The van der Waals surface area contributed by atoms with Crippen LogP contribution in [-0.2, 0) is 11.3 Å². The van der Waals surface area contributed by atoms with E-state index >= 15 is 0 Å². The smallest absolute Gasteiger partial charge is 0.251 e. The number of benzene rings is 2. The topological polar surface area (TPSA) is 61.4 Å². The largest absolute Gasteiger partial charge is 0.355 e. The van der Waals surface area contributed by atoms with Gasteiger partial charge in [-0.15, -0.1) is 0 Å². The molecule has 0 aliphatic rings. The van der Waals surface area contributed by atoms with Crippen molar-refractivity contribution < 1.29 is 9.59 Å². The maximum absolute atomic E-state index is 12.6. The van der Waals surface area contributed by atoms with Crippen molar-refractivity contribution in [2.24, 2.45) is 0 Å². The summed E-state index contributed by atoms with van der Waals surface area (Å²) in [7, 11) is 3.53. The Morgan fingerprint density at radius 1 is 1.08 bits per heavy atom. The van der Waals surface area contributed by atoms with E-state index in [1.54, 1.807) is 19.2 Å². The lowest BCUT2D eigenvalue weighted by molar-refractivity contribution is -0.120. The zero-order valence-electron chi connectivity index (χ0n) is 16.1. The summed E-state index contributed by atoms with van der Waals surface area (Å²) in [5.74, 6) is -0.144. The molecule has 2 amide bonds. The molecule has 2 rings (SSSR count). The quantitative estimate of drug-likeness (QED) is 0.839. The molecule has 0 heterocycles. The molecule has 138 valence electrons. The average Bonchev–Trinajstić information content (AvgIpc) is 2.63. The molecule has 0 unspecified atom stereocenters. The van der Waals surface area contributed by atoms with Crippen molar-refractivity contribution in [1.82, 2.24) is 10.2 Å². The maximum atomic E-state index is 12.6. The highest BCUT2D eigenvalue weighted by Gasteiger charge is 2.19. The van der Waals surface area contributed by atoms with E-state index < -0.39 is 0 Å². The van der Waals surface area contributed by atoms with Gasteiger partial charge in [-0.25, -0.2) is 0 Å². The number of anilines is 1. The van der Waals surface area contributed by atoms with E-state index in [0.29, 0.717) is 12.1 Å². The third kappa shape index (κ3) is 4.92. The van der Waals surface area contributed by atoms with Crippen LogP contribution in [0.1, 0.15) is 34.0 Å². The van der Waals surface area contributed by atoms with Gasteiger partial charge in [0.05, 0.1) is 6.04 Å². The van der Waals surface area contributed by atoms with Crippen LogP contribution >= 0.6 is 0 Å². The second-order valence-corrected chi connectivity index (χ2v) is 6.67. The molecule has 2 aromatic rings. The van der Waals surface area contributed by atoms with Crippen LogP contribution in [0.25, 0.3) is 0 Å². The minimum atomic E-state index is -0.284. The van der Waals surface area contributed by atoms with Crippen LogP contribution in [0.15, 0.2) is 42.5 Å². The molecule has 0 bridgehead atoms. The Kier molecular flexibility index (Phi) is 6.52. The van der Waals surface area contributed by atoms with Gasteiger partial charge in [-0.3, -0.25) is 14.5 Å². The summed E-state index contributed by atoms with van der Waals surface area (Å²) in [6.45, 7) is 6.50. The van der Waals surface area contributed by atoms with Gasteiger partial charge in [0.1, 0.15) is 0 Å². The second kappa shape index (κ2) is 8.63. The molecule has 1 atom stereocenters. The predicted molar refractivity (Wildman–Crippen MR) is 105 cm³/mol. The number of hydrogen-bond acceptors (Lipinski definition) is 3. The number of rotatable bonds is 6. The molecule has 0 spiro atoms. The van der Waals surface area contributed by atoms with E-state index in [0.717, 1.165) is 22.4 Å². The van der Waals surface area contributed by atoms with Crippen molar-refractivity contribution in [3.63, 3.8) is 0 Å². The van der Waals surface area contributed by atoms with Crippen molar-refractivity contribution in [1.29, 1.82) is 0 Å². The zero-order valence-corrected chi connectivity index (χ0v) is 16.1. The monoisotopic (exact) mass is 353 g/mol. The molecule has 0 saturated heterocycles. The first kappa shape index (κ1) is 19.7. The molecule has 26 heavy (non-hydrogen) atoms. The summed E-state index contributed by atoms with van der Waals surface area (Å²) in [5.41, 5.74) is 4.68. The van der Waals surface area contributed by atoms with Crippen LogP contribution in [0.4, 0.5) is 5.69 Å². The van der Waals surface area contributed by atoms with Gasteiger partial charge >= 0.3 is 0 Å². The van der Waals surface area contributed by atoms with Gasteiger partial charge in [0.25, 0.3) is 5.91 Å². The first-order chi connectivity index (χ1) is 12.3. The Balaban J connectivity index is 1.99. The third-order valence-corrected chi connectivity index (χ3v) is 4.57. The standard InChI is InChI=1S/C21H27N3O2/c1-14-6-7-15(2)19(12-14)23-20(25)16(3)24(5)13-17-8-10-18(11-9-17)21(26)22-4/h6-12,16H,13H2,1-5H3,(H,22,26)(H,23,25)/t16-/m0/s1. The highest BCUT2D eigenvalue weighted by atomic mass is 16.2. The normalized spacial score (nSPS) is 11.9. The number of carbonyl (C=O) groups excluding carboxylic acids is 2. The predicted octanol–water partition coefficient (Wildman–Crippen LogP) is 3.12. The lowest BCUT2D eigenvalue weighted by Crippen LogP contribution is -2.39. The first-order valence-corrected chi connectivity index (χ1v) is 8.71. The number of amides is 2. The summed E-state index contributed by atoms with van der Waals surface area (Å²) in [6, 6.07) is 13.2. The van der Waals surface area contributed by atoms with Crippen molar-refractivity contribution in [2.45, 2.75) is 33.4 Å². The highest BCUT2D eigenvalue weighted by Crippen LogP contribution is 2.17. The van der Waals surface area contributed by atoms with Crippen LogP contribution in [0.3, 0.4) is 0 Å². The molecule has 0 aliphatic carbocycles. The number of aryl methyl sites for hydroxylation is 2. The molecular weight excluding hydrogens is 326 g/mol. The number of carbonyl (C=O) groups is 2. The van der Waals surface area contributed by atoms with E-state index in [1.807, 2.05) is 63.1 Å².